The zero-order valence-corrected chi connectivity index (χ0v) is 12.8. The summed E-state index contributed by atoms with van der Waals surface area (Å²) in [6, 6.07) is 0. The lowest BCUT2D eigenvalue weighted by Gasteiger charge is -2.42. The summed E-state index contributed by atoms with van der Waals surface area (Å²) in [5.41, 5.74) is 0. The van der Waals surface area contributed by atoms with Gasteiger partial charge in [-0.25, -0.2) is 0 Å². The quantitative estimate of drug-likeness (QED) is 0.320. The highest BCUT2D eigenvalue weighted by Gasteiger charge is 2.95. The summed E-state index contributed by atoms with van der Waals surface area (Å²) in [7, 11) is 0. The molecule has 0 radical (unpaired) electrons. The first-order chi connectivity index (χ1) is 12.3. The van der Waals surface area contributed by atoms with Crippen LogP contribution in [0.4, 0.5) is 74.6 Å². The van der Waals surface area contributed by atoms with E-state index in [1.165, 1.54) is 0 Å². The Hall–Kier alpha value is -1.23. The summed E-state index contributed by atoms with van der Waals surface area (Å²) < 4.78 is 223. The molecule has 0 aromatic heterocycles. The first-order valence-corrected chi connectivity index (χ1v) is 6.66. The van der Waals surface area contributed by atoms with Crippen LogP contribution in [0.1, 0.15) is 6.42 Å². The van der Waals surface area contributed by atoms with Crippen molar-refractivity contribution in [3.63, 3.8) is 0 Å². The second-order valence-electron chi connectivity index (χ2n) is 5.81. The SMILES string of the molecule is FC(F)(F)C(F)(F)C(F)(F)C(F)(F)C(F)(F)C(F)(F)C(F)(F)C(F)(F)C[C@@H]1CO1. The Bertz CT molecular complexity index is 613. The molecular formula is C11H5F17O. The number of ether oxygens (including phenoxy) is 1. The van der Waals surface area contributed by atoms with E-state index in [2.05, 4.69) is 4.74 Å². The molecule has 0 saturated carbocycles. The van der Waals surface area contributed by atoms with Gasteiger partial charge >= 0.3 is 47.6 Å². The lowest BCUT2D eigenvalue weighted by Crippen LogP contribution is -2.74. The maximum Gasteiger partial charge on any atom is 0.460 e. The summed E-state index contributed by atoms with van der Waals surface area (Å²) in [6.45, 7) is -0.792. The van der Waals surface area contributed by atoms with E-state index < -0.39 is 66.8 Å². The van der Waals surface area contributed by atoms with Crippen molar-refractivity contribution >= 4 is 0 Å². The molecule has 1 rings (SSSR count). The first kappa shape index (κ1) is 25.8. The van der Waals surface area contributed by atoms with Crippen LogP contribution in [0, 0.1) is 0 Å². The van der Waals surface area contributed by atoms with Crippen LogP contribution in [-0.4, -0.2) is 60.3 Å². The molecule has 1 aliphatic heterocycles. The highest BCUT2D eigenvalue weighted by Crippen LogP contribution is 2.64. The maximum absolute atomic E-state index is 13.3. The number of alkyl halides is 17. The van der Waals surface area contributed by atoms with Crippen molar-refractivity contribution < 1.29 is 79.4 Å². The number of rotatable bonds is 8. The summed E-state index contributed by atoms with van der Waals surface area (Å²) in [5.74, 6) is -55.9. The van der Waals surface area contributed by atoms with Gasteiger partial charge in [-0.2, -0.15) is 74.6 Å². The van der Waals surface area contributed by atoms with Crippen molar-refractivity contribution in [2.45, 2.75) is 60.2 Å². The van der Waals surface area contributed by atoms with E-state index in [4.69, 9.17) is 0 Å². The van der Waals surface area contributed by atoms with Gasteiger partial charge in [-0.05, 0) is 0 Å². The average molecular weight is 476 g/mol. The summed E-state index contributed by atoms with van der Waals surface area (Å²) in [5, 5.41) is 0. The predicted molar refractivity (Wildman–Crippen MR) is 55.0 cm³/mol. The van der Waals surface area contributed by atoms with E-state index in [1.54, 1.807) is 0 Å². The molecule has 0 aromatic rings. The van der Waals surface area contributed by atoms with Crippen molar-refractivity contribution in [1.82, 2.24) is 0 Å². The van der Waals surface area contributed by atoms with Crippen LogP contribution in [0.3, 0.4) is 0 Å². The molecule has 0 aromatic carbocycles. The van der Waals surface area contributed by atoms with Gasteiger partial charge in [0.15, 0.2) is 0 Å². The zero-order valence-electron chi connectivity index (χ0n) is 12.8. The molecule has 1 atom stereocenters. The first-order valence-electron chi connectivity index (χ1n) is 6.66. The van der Waals surface area contributed by atoms with E-state index >= 15 is 0 Å². The highest BCUT2D eigenvalue weighted by molar-refractivity contribution is 5.15. The van der Waals surface area contributed by atoms with Gasteiger partial charge in [0, 0.05) is 6.42 Å². The third kappa shape index (κ3) is 3.37. The fourth-order valence-electron chi connectivity index (χ4n) is 1.80. The van der Waals surface area contributed by atoms with Crippen molar-refractivity contribution in [2.24, 2.45) is 0 Å². The van der Waals surface area contributed by atoms with E-state index in [0.29, 0.717) is 0 Å². The highest BCUT2D eigenvalue weighted by atomic mass is 19.4. The molecule has 1 aliphatic rings. The van der Waals surface area contributed by atoms with Crippen molar-refractivity contribution in [1.29, 1.82) is 0 Å². The van der Waals surface area contributed by atoms with Crippen LogP contribution in [0.25, 0.3) is 0 Å². The average Bonchev–Trinajstić information content (AvgIpc) is 3.27. The van der Waals surface area contributed by atoms with Crippen LogP contribution in [0.5, 0.6) is 0 Å². The monoisotopic (exact) mass is 476 g/mol. The molecule has 1 heterocycles. The van der Waals surface area contributed by atoms with Crippen LogP contribution in [0.15, 0.2) is 0 Å². The Morgan fingerprint density at radius 2 is 0.759 bits per heavy atom. The number of hydrogen-bond donors (Lipinski definition) is 0. The van der Waals surface area contributed by atoms with Crippen molar-refractivity contribution in [3.8, 4) is 0 Å². The normalized spacial score (nSPS) is 20.8. The van der Waals surface area contributed by atoms with Crippen LogP contribution in [-0.2, 0) is 4.74 Å². The largest absolute Gasteiger partial charge is 0.460 e. The van der Waals surface area contributed by atoms with Gasteiger partial charge in [0.2, 0.25) is 0 Å². The number of halogens is 17. The molecule has 1 saturated heterocycles. The molecule has 18 heteroatoms. The standard InChI is InChI=1S/C11H5F17O/c12-4(13,1-3-2-29-3)5(14,15)6(16,17)7(18,19)8(20,21)9(22,23)10(24,25)11(26,27)28/h3H,1-2H2/t3-/m1/s1. The molecule has 1 fully saturated rings. The lowest BCUT2D eigenvalue weighted by molar-refractivity contribution is -0.461. The van der Waals surface area contributed by atoms with Gasteiger partial charge in [0.25, 0.3) is 0 Å². The molecular weight excluding hydrogens is 471 g/mol. The predicted octanol–water partition coefficient (Wildman–Crippen LogP) is 5.78. The smallest absolute Gasteiger partial charge is 0.373 e. The Morgan fingerprint density at radius 3 is 1.03 bits per heavy atom. The second-order valence-corrected chi connectivity index (χ2v) is 5.81. The number of epoxide rings is 1. The minimum Gasteiger partial charge on any atom is -0.373 e. The van der Waals surface area contributed by atoms with Gasteiger partial charge in [-0.3, -0.25) is 0 Å². The van der Waals surface area contributed by atoms with Gasteiger partial charge in [0.1, 0.15) is 0 Å². The van der Waals surface area contributed by atoms with Gasteiger partial charge in [-0.15, -0.1) is 0 Å². The molecule has 174 valence electrons. The van der Waals surface area contributed by atoms with Crippen molar-refractivity contribution in [3.05, 3.63) is 0 Å². The molecule has 0 amide bonds. The zero-order chi connectivity index (χ0) is 23.7. The molecule has 0 aliphatic carbocycles. The Kier molecular flexibility index (Phi) is 5.68. The molecule has 29 heavy (non-hydrogen) atoms. The van der Waals surface area contributed by atoms with Gasteiger partial charge < -0.3 is 4.74 Å². The molecule has 1 nitrogen and oxygen atoms in total. The minimum atomic E-state index is -8.59. The third-order valence-corrected chi connectivity index (χ3v) is 3.67. The molecule has 0 bridgehead atoms. The fourth-order valence-corrected chi connectivity index (χ4v) is 1.80. The summed E-state index contributed by atoms with van der Waals surface area (Å²) in [6.07, 6.45) is -12.2. The van der Waals surface area contributed by atoms with E-state index in [9.17, 15) is 74.6 Å². The Balaban J connectivity index is 3.52. The fraction of sp³-hybridized carbons (Fsp3) is 1.00. The Labute approximate surface area is 147 Å². The molecule has 0 unspecified atom stereocenters. The van der Waals surface area contributed by atoms with Crippen LogP contribution >= 0.6 is 0 Å². The van der Waals surface area contributed by atoms with Crippen molar-refractivity contribution in [2.75, 3.05) is 6.61 Å². The van der Waals surface area contributed by atoms with Gasteiger partial charge in [0.05, 0.1) is 12.7 Å². The van der Waals surface area contributed by atoms with E-state index in [-0.39, 0.29) is 0 Å². The summed E-state index contributed by atoms with van der Waals surface area (Å²) in [4.78, 5) is 0. The molecule has 0 N–H and O–H groups in total. The second kappa shape index (κ2) is 6.38. The molecule has 0 spiro atoms. The van der Waals surface area contributed by atoms with Gasteiger partial charge in [-0.1, -0.05) is 0 Å². The number of hydrogen-bond acceptors (Lipinski definition) is 1. The lowest BCUT2D eigenvalue weighted by atomic mass is 9.88. The Morgan fingerprint density at radius 1 is 0.483 bits per heavy atom. The summed E-state index contributed by atoms with van der Waals surface area (Å²) >= 11 is 0. The maximum atomic E-state index is 13.3. The third-order valence-electron chi connectivity index (χ3n) is 3.67. The van der Waals surface area contributed by atoms with E-state index in [0.717, 1.165) is 0 Å². The van der Waals surface area contributed by atoms with Crippen LogP contribution < -0.4 is 0 Å². The topological polar surface area (TPSA) is 12.5 Å². The minimum absolute atomic E-state index is 0.792. The van der Waals surface area contributed by atoms with Crippen LogP contribution in [0.2, 0.25) is 0 Å². The van der Waals surface area contributed by atoms with E-state index in [1.807, 2.05) is 0 Å².